The van der Waals surface area contributed by atoms with E-state index in [0.29, 0.717) is 33.4 Å². The van der Waals surface area contributed by atoms with Gasteiger partial charge in [-0.05, 0) is 32.0 Å². The summed E-state index contributed by atoms with van der Waals surface area (Å²) in [7, 11) is 0. The van der Waals surface area contributed by atoms with Crippen molar-refractivity contribution in [1.82, 2.24) is 14.0 Å². The highest BCUT2D eigenvalue weighted by Crippen LogP contribution is 2.35. The van der Waals surface area contributed by atoms with Gasteiger partial charge in [0.15, 0.2) is 11.4 Å². The first-order valence-corrected chi connectivity index (χ1v) is 9.64. The van der Waals surface area contributed by atoms with Gasteiger partial charge in [-0.3, -0.25) is 9.36 Å². The molecule has 0 fully saturated rings. The molecule has 4 rings (SSSR count). The largest absolute Gasteiger partial charge is 0.485 e. The van der Waals surface area contributed by atoms with Gasteiger partial charge in [-0.2, -0.15) is 0 Å². The molecule has 0 bridgehead atoms. The number of hydrogen-bond donors (Lipinski definition) is 0. The van der Waals surface area contributed by atoms with Crippen LogP contribution in [0.15, 0.2) is 35.4 Å². The number of thiazole rings is 1. The molecule has 5 nitrogen and oxygen atoms in total. The lowest BCUT2D eigenvalue weighted by atomic mass is 10.2. The van der Waals surface area contributed by atoms with Crippen LogP contribution < -0.4 is 9.61 Å². The molecule has 8 heteroatoms. The Morgan fingerprint density at radius 2 is 2.15 bits per heavy atom. The number of fused-ring (bicyclic) bond motifs is 2. The van der Waals surface area contributed by atoms with Crippen LogP contribution in [0.4, 0.5) is 0 Å². The highest BCUT2D eigenvalue weighted by atomic mass is 35.5. The average molecular weight is 408 g/mol. The molecule has 3 heterocycles. The van der Waals surface area contributed by atoms with Gasteiger partial charge in [0.2, 0.25) is 0 Å². The molecular formula is C18H15Cl2N3O2S. The maximum atomic E-state index is 12.1. The Morgan fingerprint density at radius 3 is 2.92 bits per heavy atom. The fourth-order valence-corrected chi connectivity index (χ4v) is 4.78. The molecule has 1 aromatic carbocycles. The van der Waals surface area contributed by atoms with E-state index in [1.54, 1.807) is 10.6 Å². The molecule has 0 saturated heterocycles. The Bertz CT molecular complexity index is 1190. The average Bonchev–Trinajstić information content (AvgIpc) is 3.13. The van der Waals surface area contributed by atoms with Crippen molar-refractivity contribution in [2.75, 3.05) is 0 Å². The molecule has 134 valence electrons. The van der Waals surface area contributed by atoms with Crippen LogP contribution in [0.2, 0.25) is 10.0 Å². The molecule has 0 aliphatic rings. The van der Waals surface area contributed by atoms with Crippen molar-refractivity contribution in [3.63, 3.8) is 0 Å². The number of halogens is 2. The highest BCUT2D eigenvalue weighted by Gasteiger charge is 2.18. The molecule has 0 N–H and O–H groups in total. The number of pyridine rings is 1. The monoisotopic (exact) mass is 407 g/mol. The number of aromatic nitrogens is 3. The van der Waals surface area contributed by atoms with E-state index >= 15 is 0 Å². The summed E-state index contributed by atoms with van der Waals surface area (Å²) >= 11 is 14.2. The molecule has 0 atom stereocenters. The van der Waals surface area contributed by atoms with Crippen molar-refractivity contribution in [3.05, 3.63) is 61.6 Å². The summed E-state index contributed by atoms with van der Waals surface area (Å²) in [5.74, 6) is 0.644. The molecule has 3 aromatic heterocycles. The minimum Gasteiger partial charge on any atom is -0.485 e. The zero-order chi connectivity index (χ0) is 18.4. The van der Waals surface area contributed by atoms with Crippen LogP contribution in [-0.2, 0) is 13.2 Å². The molecule has 26 heavy (non-hydrogen) atoms. The summed E-state index contributed by atoms with van der Waals surface area (Å²) in [6.07, 6.45) is 3.85. The summed E-state index contributed by atoms with van der Waals surface area (Å²) in [6.45, 7) is 4.58. The van der Waals surface area contributed by atoms with Crippen molar-refractivity contribution < 1.29 is 4.74 Å². The second kappa shape index (κ2) is 6.61. The SMILES string of the molecule is CCn1c(=O)sc2cc(Cl)c(COc3cccn4cc(C)nc34)c(Cl)c21. The minimum atomic E-state index is -0.0452. The number of nitrogens with zero attached hydrogens (tertiary/aromatic N) is 3. The Labute approximate surface area is 163 Å². The summed E-state index contributed by atoms with van der Waals surface area (Å²) in [5, 5.41) is 0.942. The Morgan fingerprint density at radius 1 is 1.35 bits per heavy atom. The van der Waals surface area contributed by atoms with Crippen molar-refractivity contribution in [2.45, 2.75) is 27.0 Å². The Hall–Kier alpha value is -2.02. The predicted octanol–water partition coefficient (Wildman–Crippen LogP) is 4.92. The Balaban J connectivity index is 1.76. The quantitative estimate of drug-likeness (QED) is 0.481. The first-order valence-electron chi connectivity index (χ1n) is 8.07. The number of aryl methyl sites for hydroxylation is 2. The van der Waals surface area contributed by atoms with Gasteiger partial charge >= 0.3 is 4.87 Å². The third kappa shape index (κ3) is 2.78. The topological polar surface area (TPSA) is 48.5 Å². The normalized spacial score (nSPS) is 11.5. The lowest BCUT2D eigenvalue weighted by Crippen LogP contribution is -2.11. The van der Waals surface area contributed by atoms with Crippen LogP contribution in [0.25, 0.3) is 15.9 Å². The summed E-state index contributed by atoms with van der Waals surface area (Å²) in [5.41, 5.74) is 3.01. The lowest BCUT2D eigenvalue weighted by Gasteiger charge is -2.12. The van der Waals surface area contributed by atoms with E-state index in [1.165, 1.54) is 0 Å². The van der Waals surface area contributed by atoms with Crippen molar-refractivity contribution in [3.8, 4) is 5.75 Å². The summed E-state index contributed by atoms with van der Waals surface area (Å²) in [6, 6.07) is 5.53. The lowest BCUT2D eigenvalue weighted by molar-refractivity contribution is 0.308. The van der Waals surface area contributed by atoms with Gasteiger partial charge in [-0.1, -0.05) is 34.5 Å². The molecule has 0 amide bonds. The molecular weight excluding hydrogens is 393 g/mol. The van der Waals surface area contributed by atoms with Gasteiger partial charge in [0, 0.05) is 24.5 Å². The predicted molar refractivity (Wildman–Crippen MR) is 106 cm³/mol. The third-order valence-corrected chi connectivity index (χ3v) is 5.87. The van der Waals surface area contributed by atoms with Gasteiger partial charge < -0.3 is 9.14 Å². The van der Waals surface area contributed by atoms with Crippen LogP contribution in [0, 0.1) is 6.92 Å². The van der Waals surface area contributed by atoms with E-state index in [1.807, 2.05) is 42.8 Å². The van der Waals surface area contributed by atoms with Crippen molar-refractivity contribution >= 4 is 50.4 Å². The van der Waals surface area contributed by atoms with E-state index in [0.717, 1.165) is 27.4 Å². The number of imidazole rings is 1. The van der Waals surface area contributed by atoms with E-state index < -0.39 is 0 Å². The molecule has 0 aliphatic heterocycles. The first kappa shape index (κ1) is 17.4. The van der Waals surface area contributed by atoms with E-state index in [9.17, 15) is 4.79 Å². The summed E-state index contributed by atoms with van der Waals surface area (Å²) in [4.78, 5) is 16.5. The van der Waals surface area contributed by atoms with Gasteiger partial charge in [-0.25, -0.2) is 4.98 Å². The van der Waals surface area contributed by atoms with Gasteiger partial charge in [0.1, 0.15) is 6.61 Å². The summed E-state index contributed by atoms with van der Waals surface area (Å²) < 4.78 is 10.3. The fourth-order valence-electron chi connectivity index (χ4n) is 2.99. The van der Waals surface area contributed by atoms with Crippen molar-refractivity contribution in [1.29, 1.82) is 0 Å². The second-order valence-corrected chi connectivity index (χ2v) is 7.66. The smallest absolute Gasteiger partial charge is 0.308 e. The zero-order valence-corrected chi connectivity index (χ0v) is 16.5. The first-order chi connectivity index (χ1) is 12.5. The molecule has 0 unspecified atom stereocenters. The number of rotatable bonds is 4. The second-order valence-electron chi connectivity index (χ2n) is 5.88. The molecule has 0 spiro atoms. The van der Waals surface area contributed by atoms with E-state index in [2.05, 4.69) is 4.98 Å². The van der Waals surface area contributed by atoms with Crippen LogP contribution in [-0.4, -0.2) is 14.0 Å². The van der Waals surface area contributed by atoms with Gasteiger partial charge in [-0.15, -0.1) is 0 Å². The molecule has 4 aromatic rings. The van der Waals surface area contributed by atoms with E-state index in [4.69, 9.17) is 27.9 Å². The third-order valence-electron chi connectivity index (χ3n) is 4.20. The highest BCUT2D eigenvalue weighted by molar-refractivity contribution is 7.16. The molecule has 0 radical (unpaired) electrons. The number of hydrogen-bond acceptors (Lipinski definition) is 4. The van der Waals surface area contributed by atoms with Crippen LogP contribution in [0.1, 0.15) is 18.2 Å². The fraction of sp³-hybridized carbons (Fsp3) is 0.222. The minimum absolute atomic E-state index is 0.0452. The van der Waals surface area contributed by atoms with Crippen LogP contribution in [0.3, 0.4) is 0 Å². The number of ether oxygens (including phenoxy) is 1. The van der Waals surface area contributed by atoms with E-state index in [-0.39, 0.29) is 11.5 Å². The van der Waals surface area contributed by atoms with Crippen molar-refractivity contribution in [2.24, 2.45) is 0 Å². The van der Waals surface area contributed by atoms with Crippen LogP contribution in [0.5, 0.6) is 5.75 Å². The Kier molecular flexibility index (Phi) is 4.42. The van der Waals surface area contributed by atoms with Gasteiger partial charge in [0.05, 0.1) is 26.0 Å². The standard InChI is InChI=1S/C18H15Cl2N3O2S/c1-3-23-16-14(26-18(23)24)7-12(19)11(15(16)20)9-25-13-5-4-6-22-8-10(2)21-17(13)22/h4-8H,3,9H2,1-2H3. The van der Waals surface area contributed by atoms with Crippen LogP contribution >= 0.6 is 34.5 Å². The molecule has 0 saturated carbocycles. The maximum Gasteiger partial charge on any atom is 0.308 e. The number of benzene rings is 1. The van der Waals surface area contributed by atoms with Gasteiger partial charge in [0.25, 0.3) is 0 Å². The molecule has 0 aliphatic carbocycles. The zero-order valence-electron chi connectivity index (χ0n) is 14.1. The maximum absolute atomic E-state index is 12.1.